The van der Waals surface area contributed by atoms with Gasteiger partial charge in [-0.3, -0.25) is 13.9 Å². The van der Waals surface area contributed by atoms with Crippen molar-refractivity contribution in [1.29, 1.82) is 0 Å². The molecule has 236 valence electrons. The molecule has 9 heteroatoms. The summed E-state index contributed by atoms with van der Waals surface area (Å²) >= 11 is 6.06. The highest BCUT2D eigenvalue weighted by Crippen LogP contribution is 2.27. The van der Waals surface area contributed by atoms with Crippen molar-refractivity contribution in [2.45, 2.75) is 64.1 Å². The zero-order valence-electron chi connectivity index (χ0n) is 26.3. The van der Waals surface area contributed by atoms with Crippen LogP contribution in [0.5, 0.6) is 0 Å². The van der Waals surface area contributed by atoms with E-state index in [9.17, 15) is 18.0 Å². The van der Waals surface area contributed by atoms with E-state index in [1.54, 1.807) is 24.3 Å². The molecule has 45 heavy (non-hydrogen) atoms. The average Bonchev–Trinajstić information content (AvgIpc) is 2.99. The summed E-state index contributed by atoms with van der Waals surface area (Å²) in [4.78, 5) is 30.0. The smallest absolute Gasteiger partial charge is 0.264 e. The molecule has 4 rings (SSSR count). The van der Waals surface area contributed by atoms with Gasteiger partial charge in [0.1, 0.15) is 12.6 Å². The van der Waals surface area contributed by atoms with Crippen LogP contribution in [0, 0.1) is 13.8 Å². The maximum Gasteiger partial charge on any atom is 0.264 e. The Hall–Kier alpha value is -4.14. The summed E-state index contributed by atoms with van der Waals surface area (Å²) in [5, 5.41) is 3.44. The molecular weight excluding hydrogens is 606 g/mol. The third-order valence-corrected chi connectivity index (χ3v) is 9.41. The number of carbonyl (C=O) groups is 2. The lowest BCUT2D eigenvalue weighted by atomic mass is 10.00. The van der Waals surface area contributed by atoms with Crippen LogP contribution in [0.4, 0.5) is 5.69 Å². The standard InChI is InChI=1S/C36H40ClN3O4S/c1-26-15-19-31(20-16-26)40(45(43,44)32-21-17-30(37)18-22-32)25-34(41)39(24-29-14-10-9-11-27(29)2)33(35(42)38-36(3,4)5)23-28-12-7-6-8-13-28/h6-22,33H,23-25H2,1-5H3,(H,38,42)/t33-/m1/s1. The van der Waals surface area contributed by atoms with Gasteiger partial charge in [0, 0.05) is 23.5 Å². The third-order valence-electron chi connectivity index (χ3n) is 7.37. The van der Waals surface area contributed by atoms with Gasteiger partial charge in [-0.05, 0) is 87.7 Å². The lowest BCUT2D eigenvalue weighted by Crippen LogP contribution is -2.56. The number of hydrogen-bond donors (Lipinski definition) is 1. The maximum absolute atomic E-state index is 14.6. The van der Waals surface area contributed by atoms with Crippen LogP contribution in [0.2, 0.25) is 5.02 Å². The molecular formula is C36H40ClN3O4S. The molecule has 4 aromatic rings. The van der Waals surface area contributed by atoms with Crippen molar-refractivity contribution in [2.75, 3.05) is 10.8 Å². The molecule has 0 spiro atoms. The summed E-state index contributed by atoms with van der Waals surface area (Å²) in [5.74, 6) is -0.836. The lowest BCUT2D eigenvalue weighted by Gasteiger charge is -2.35. The van der Waals surface area contributed by atoms with E-state index in [4.69, 9.17) is 11.6 Å². The highest BCUT2D eigenvalue weighted by molar-refractivity contribution is 7.92. The van der Waals surface area contributed by atoms with E-state index in [1.807, 2.05) is 89.2 Å². The Bertz CT molecular complexity index is 1720. The van der Waals surface area contributed by atoms with Crippen LogP contribution in [-0.2, 0) is 32.6 Å². The number of sulfonamides is 1. The molecule has 0 aliphatic heterocycles. The Balaban J connectivity index is 1.82. The Morgan fingerprint density at radius 3 is 2.02 bits per heavy atom. The molecule has 2 amide bonds. The molecule has 1 atom stereocenters. The number of carbonyl (C=O) groups excluding carboxylic acids is 2. The van der Waals surface area contributed by atoms with Gasteiger partial charge in [-0.1, -0.05) is 83.9 Å². The number of aryl methyl sites for hydroxylation is 2. The predicted molar refractivity (Wildman–Crippen MR) is 181 cm³/mol. The van der Waals surface area contributed by atoms with Crippen LogP contribution in [-0.4, -0.2) is 43.3 Å². The first-order valence-electron chi connectivity index (χ1n) is 14.8. The van der Waals surface area contributed by atoms with Gasteiger partial charge in [-0.25, -0.2) is 8.42 Å². The summed E-state index contributed by atoms with van der Waals surface area (Å²) in [7, 11) is -4.20. The molecule has 0 fully saturated rings. The van der Waals surface area contributed by atoms with Gasteiger partial charge >= 0.3 is 0 Å². The monoisotopic (exact) mass is 645 g/mol. The lowest BCUT2D eigenvalue weighted by molar-refractivity contribution is -0.140. The van der Waals surface area contributed by atoms with E-state index >= 15 is 0 Å². The van der Waals surface area contributed by atoms with Gasteiger partial charge in [0.05, 0.1) is 10.6 Å². The first kappa shape index (κ1) is 33.7. The van der Waals surface area contributed by atoms with E-state index in [0.717, 1.165) is 26.6 Å². The van der Waals surface area contributed by atoms with E-state index in [2.05, 4.69) is 5.32 Å². The van der Waals surface area contributed by atoms with Crippen LogP contribution in [0.25, 0.3) is 0 Å². The zero-order chi connectivity index (χ0) is 32.8. The number of anilines is 1. The Kier molecular flexibility index (Phi) is 10.7. The summed E-state index contributed by atoms with van der Waals surface area (Å²) in [6.45, 7) is 9.10. The summed E-state index contributed by atoms with van der Waals surface area (Å²) in [6, 6.07) is 29.0. The second-order valence-corrected chi connectivity index (χ2v) is 14.5. The van der Waals surface area contributed by atoms with Crippen LogP contribution in [0.15, 0.2) is 108 Å². The molecule has 0 heterocycles. The molecule has 0 bridgehead atoms. The molecule has 7 nitrogen and oxygen atoms in total. The normalized spacial score (nSPS) is 12.3. The second-order valence-electron chi connectivity index (χ2n) is 12.2. The number of amides is 2. The van der Waals surface area contributed by atoms with E-state index in [0.29, 0.717) is 10.7 Å². The second kappa shape index (κ2) is 14.3. The molecule has 0 unspecified atom stereocenters. The van der Waals surface area contributed by atoms with Crippen molar-refractivity contribution in [3.8, 4) is 0 Å². The van der Waals surface area contributed by atoms with Gasteiger partial charge in [0.15, 0.2) is 0 Å². The van der Waals surface area contributed by atoms with Crippen molar-refractivity contribution in [3.05, 3.63) is 130 Å². The van der Waals surface area contributed by atoms with Crippen molar-refractivity contribution in [1.82, 2.24) is 10.2 Å². The van der Waals surface area contributed by atoms with Gasteiger partial charge in [0.25, 0.3) is 10.0 Å². The molecule has 0 radical (unpaired) electrons. The summed E-state index contributed by atoms with van der Waals surface area (Å²) in [6.07, 6.45) is 0.245. The van der Waals surface area contributed by atoms with Gasteiger partial charge in [-0.15, -0.1) is 0 Å². The fourth-order valence-electron chi connectivity index (χ4n) is 4.95. The molecule has 0 aromatic heterocycles. The van der Waals surface area contributed by atoms with Crippen molar-refractivity contribution in [2.24, 2.45) is 0 Å². The first-order valence-corrected chi connectivity index (χ1v) is 16.6. The predicted octanol–water partition coefficient (Wildman–Crippen LogP) is 6.71. The maximum atomic E-state index is 14.6. The number of hydrogen-bond acceptors (Lipinski definition) is 4. The number of nitrogens with one attached hydrogen (secondary N) is 1. The van der Waals surface area contributed by atoms with Gasteiger partial charge in [0.2, 0.25) is 11.8 Å². The largest absolute Gasteiger partial charge is 0.350 e. The summed E-state index contributed by atoms with van der Waals surface area (Å²) < 4.78 is 29.3. The highest BCUT2D eigenvalue weighted by atomic mass is 35.5. The minimum atomic E-state index is -4.20. The molecule has 0 aliphatic carbocycles. The van der Waals surface area contributed by atoms with Crippen molar-refractivity contribution in [3.63, 3.8) is 0 Å². The third kappa shape index (κ3) is 8.96. The minimum absolute atomic E-state index is 0.00274. The van der Waals surface area contributed by atoms with Gasteiger partial charge < -0.3 is 10.2 Å². The topological polar surface area (TPSA) is 86.8 Å². The molecule has 1 N–H and O–H groups in total. The fourth-order valence-corrected chi connectivity index (χ4v) is 6.49. The number of halogens is 1. The van der Waals surface area contributed by atoms with Crippen LogP contribution >= 0.6 is 11.6 Å². The van der Waals surface area contributed by atoms with E-state index < -0.39 is 34.1 Å². The number of rotatable bonds is 11. The summed E-state index contributed by atoms with van der Waals surface area (Å²) in [5.41, 5.74) is 3.40. The number of nitrogens with zero attached hydrogens (tertiary/aromatic N) is 2. The van der Waals surface area contributed by atoms with Crippen molar-refractivity contribution >= 4 is 39.1 Å². The Labute approximate surface area is 271 Å². The van der Waals surface area contributed by atoms with E-state index in [-0.39, 0.29) is 23.8 Å². The SMILES string of the molecule is Cc1ccc(N(CC(=O)N(Cc2ccccc2C)[C@H](Cc2ccccc2)C(=O)NC(C)(C)C)S(=O)(=O)c2ccc(Cl)cc2)cc1. The molecule has 0 saturated heterocycles. The van der Waals surface area contributed by atoms with E-state index in [1.165, 1.54) is 29.2 Å². The van der Waals surface area contributed by atoms with Crippen molar-refractivity contribution < 1.29 is 18.0 Å². The molecule has 4 aromatic carbocycles. The Morgan fingerprint density at radius 2 is 1.42 bits per heavy atom. The van der Waals surface area contributed by atoms with Crippen LogP contribution in [0.1, 0.15) is 43.0 Å². The van der Waals surface area contributed by atoms with Gasteiger partial charge in [-0.2, -0.15) is 0 Å². The average molecular weight is 646 g/mol. The Morgan fingerprint density at radius 1 is 0.822 bits per heavy atom. The minimum Gasteiger partial charge on any atom is -0.350 e. The van der Waals surface area contributed by atoms with Crippen LogP contribution < -0.4 is 9.62 Å². The number of benzene rings is 4. The first-order chi connectivity index (χ1) is 21.2. The fraction of sp³-hybridized carbons (Fsp3) is 0.278. The highest BCUT2D eigenvalue weighted by Gasteiger charge is 2.35. The quantitative estimate of drug-likeness (QED) is 0.197. The van der Waals surface area contributed by atoms with Crippen LogP contribution in [0.3, 0.4) is 0 Å². The zero-order valence-corrected chi connectivity index (χ0v) is 27.9. The molecule has 0 aliphatic rings. The molecule has 0 saturated carbocycles.